The minimum Gasteiger partial charge on any atom is -0.550 e. The summed E-state index contributed by atoms with van der Waals surface area (Å²) in [6.45, 7) is 3.67. The van der Waals surface area contributed by atoms with Crippen molar-refractivity contribution < 1.29 is 23.7 Å². The second kappa shape index (κ2) is 10.7. The number of rotatable bonds is 8. The van der Waals surface area contributed by atoms with Crippen LogP contribution in [0.5, 0.6) is 5.75 Å². The third kappa shape index (κ3) is 5.09. The van der Waals surface area contributed by atoms with Gasteiger partial charge in [0.05, 0.1) is 24.3 Å². The number of hydrogen-bond donors (Lipinski definition) is 0. The van der Waals surface area contributed by atoms with Crippen molar-refractivity contribution in [2.24, 2.45) is 0 Å². The maximum absolute atomic E-state index is 12.1. The van der Waals surface area contributed by atoms with Crippen LogP contribution in [-0.4, -0.2) is 37.1 Å². The second-order valence-corrected chi connectivity index (χ2v) is 7.51. The first kappa shape index (κ1) is 23.0. The summed E-state index contributed by atoms with van der Waals surface area (Å²) in [4.78, 5) is 28.7. The summed E-state index contributed by atoms with van der Waals surface area (Å²) in [5.74, 6) is -0.112. The highest BCUT2D eigenvalue weighted by Crippen LogP contribution is 2.23. The monoisotopic (exact) mass is 453 g/mol. The van der Waals surface area contributed by atoms with Crippen molar-refractivity contribution in [3.63, 3.8) is 0 Å². The van der Waals surface area contributed by atoms with Crippen LogP contribution >= 0.6 is 0 Å². The number of para-hydroxylation sites is 1. The third-order valence-electron chi connectivity index (χ3n) is 5.29. The van der Waals surface area contributed by atoms with Crippen LogP contribution < -0.4 is 15.6 Å². The molecule has 6 nitrogen and oxygen atoms in total. The first-order chi connectivity index (χ1) is 16.6. The average Bonchev–Trinajstić information content (AvgIpc) is 2.88. The summed E-state index contributed by atoms with van der Waals surface area (Å²) < 4.78 is 16.7. The maximum Gasteiger partial charge on any atom is 0.426 e. The summed E-state index contributed by atoms with van der Waals surface area (Å²) in [6, 6.07) is 23.9. The van der Waals surface area contributed by atoms with Crippen LogP contribution in [0.4, 0.5) is 0 Å². The Morgan fingerprint density at radius 2 is 1.26 bits per heavy atom. The molecule has 0 aliphatic heterocycles. The lowest BCUT2D eigenvalue weighted by atomic mass is 9.55. The van der Waals surface area contributed by atoms with Crippen LogP contribution in [0.1, 0.15) is 34.6 Å². The fourth-order valence-corrected chi connectivity index (χ4v) is 3.64. The largest absolute Gasteiger partial charge is 0.550 e. The predicted molar refractivity (Wildman–Crippen MR) is 132 cm³/mol. The van der Waals surface area contributed by atoms with Gasteiger partial charge in [0.25, 0.3) is 0 Å². The van der Waals surface area contributed by atoms with Crippen LogP contribution in [0.3, 0.4) is 0 Å². The second-order valence-electron chi connectivity index (χ2n) is 7.51. The van der Waals surface area contributed by atoms with Gasteiger partial charge in [-0.3, -0.25) is 4.98 Å². The zero-order valence-corrected chi connectivity index (χ0v) is 19.1. The number of nitrogens with zero attached hydrogens (tertiary/aromatic N) is 1. The van der Waals surface area contributed by atoms with Crippen LogP contribution in [0.15, 0.2) is 85.1 Å². The highest BCUT2D eigenvalue weighted by atomic mass is 16.5. The van der Waals surface area contributed by atoms with Crippen molar-refractivity contribution in [2.75, 3.05) is 13.2 Å². The van der Waals surface area contributed by atoms with Crippen LogP contribution in [0.25, 0.3) is 10.9 Å². The van der Waals surface area contributed by atoms with Gasteiger partial charge in [-0.05, 0) is 61.2 Å². The van der Waals surface area contributed by atoms with E-state index in [1.807, 2.05) is 54.6 Å². The van der Waals surface area contributed by atoms with E-state index in [-0.39, 0.29) is 11.9 Å². The molecule has 0 unspecified atom stereocenters. The van der Waals surface area contributed by atoms with Crippen molar-refractivity contribution in [2.45, 2.75) is 13.8 Å². The molecule has 7 heteroatoms. The Labute approximate surface area is 198 Å². The summed E-state index contributed by atoms with van der Waals surface area (Å²) in [7, 11) is 0. The van der Waals surface area contributed by atoms with Gasteiger partial charge in [0.1, 0.15) is 11.3 Å². The van der Waals surface area contributed by atoms with Gasteiger partial charge in [-0.25, -0.2) is 9.59 Å². The highest BCUT2D eigenvalue weighted by Gasteiger charge is 2.25. The number of pyridine rings is 1. The molecular weight excluding hydrogens is 429 g/mol. The van der Waals surface area contributed by atoms with E-state index in [1.54, 1.807) is 44.3 Å². The van der Waals surface area contributed by atoms with Crippen LogP contribution in [0.2, 0.25) is 0 Å². The van der Waals surface area contributed by atoms with Crippen LogP contribution in [0, 0.1) is 0 Å². The van der Waals surface area contributed by atoms with E-state index >= 15 is 0 Å². The topological polar surface area (TPSA) is 74.7 Å². The normalized spacial score (nSPS) is 10.5. The van der Waals surface area contributed by atoms with Crippen molar-refractivity contribution >= 4 is 40.7 Å². The minimum absolute atomic E-state index is 0.313. The molecule has 0 radical (unpaired) electrons. The number of carbonyl (C=O) groups excluding carboxylic acids is 2. The molecule has 4 aromatic rings. The maximum atomic E-state index is 12.1. The average molecular weight is 453 g/mol. The van der Waals surface area contributed by atoms with Gasteiger partial charge in [0, 0.05) is 11.6 Å². The van der Waals surface area contributed by atoms with E-state index in [4.69, 9.17) is 14.1 Å². The standard InChI is InChI=1S/C27H24BNO5/c1-3-32-26(30)20-10-14-22(15-11-20)28(23-16-12-21(13-17-23)27(31)33-4-2)34-24-9-5-7-19-8-6-18-29-25(19)24/h5-18H,3-4H2,1-2H3. The molecular formula is C27H24BNO5. The van der Waals surface area contributed by atoms with Gasteiger partial charge in [-0.15, -0.1) is 0 Å². The van der Waals surface area contributed by atoms with E-state index in [0.29, 0.717) is 30.1 Å². The van der Waals surface area contributed by atoms with Gasteiger partial charge < -0.3 is 14.1 Å². The molecule has 0 aliphatic carbocycles. The molecule has 0 bridgehead atoms. The van der Waals surface area contributed by atoms with E-state index in [0.717, 1.165) is 21.8 Å². The molecule has 4 rings (SSSR count). The summed E-state index contributed by atoms with van der Waals surface area (Å²) >= 11 is 0. The van der Waals surface area contributed by atoms with Gasteiger partial charge in [0.2, 0.25) is 0 Å². The van der Waals surface area contributed by atoms with Crippen molar-refractivity contribution in [1.82, 2.24) is 4.98 Å². The number of aromatic nitrogens is 1. The Morgan fingerprint density at radius 1 is 0.735 bits per heavy atom. The quantitative estimate of drug-likeness (QED) is 0.299. The molecule has 0 aliphatic rings. The fourth-order valence-electron chi connectivity index (χ4n) is 3.64. The first-order valence-corrected chi connectivity index (χ1v) is 11.1. The Hall–Kier alpha value is -4.13. The molecule has 0 atom stereocenters. The van der Waals surface area contributed by atoms with Gasteiger partial charge in [0.15, 0.2) is 0 Å². The van der Waals surface area contributed by atoms with Crippen LogP contribution in [-0.2, 0) is 9.47 Å². The summed E-state index contributed by atoms with van der Waals surface area (Å²) in [5, 5.41) is 0.967. The van der Waals surface area contributed by atoms with Gasteiger partial charge >= 0.3 is 18.9 Å². The molecule has 1 aromatic heterocycles. The summed E-state index contributed by atoms with van der Waals surface area (Å²) in [6.07, 6.45) is 1.73. The zero-order valence-electron chi connectivity index (χ0n) is 19.1. The molecule has 0 amide bonds. The number of benzene rings is 3. The molecule has 0 saturated heterocycles. The summed E-state index contributed by atoms with van der Waals surface area (Å²) in [5.41, 5.74) is 3.36. The number of carbonyl (C=O) groups is 2. The lowest BCUT2D eigenvalue weighted by Gasteiger charge is -2.18. The molecule has 0 fully saturated rings. The molecule has 170 valence electrons. The molecule has 34 heavy (non-hydrogen) atoms. The van der Waals surface area contributed by atoms with E-state index in [9.17, 15) is 9.59 Å². The first-order valence-electron chi connectivity index (χ1n) is 11.1. The number of fused-ring (bicyclic) bond motifs is 1. The van der Waals surface area contributed by atoms with Gasteiger partial charge in [-0.1, -0.05) is 42.5 Å². The molecule has 1 heterocycles. The minimum atomic E-state index is -0.500. The van der Waals surface area contributed by atoms with Crippen molar-refractivity contribution in [3.8, 4) is 5.75 Å². The zero-order chi connectivity index (χ0) is 23.9. The Balaban J connectivity index is 1.72. The van der Waals surface area contributed by atoms with E-state index in [2.05, 4.69) is 4.98 Å². The van der Waals surface area contributed by atoms with E-state index < -0.39 is 6.92 Å². The molecule has 3 aromatic carbocycles. The number of esters is 2. The number of ether oxygens (including phenoxy) is 2. The Kier molecular flexibility index (Phi) is 7.23. The molecule has 0 N–H and O–H groups in total. The lowest BCUT2D eigenvalue weighted by molar-refractivity contribution is 0.0517. The van der Waals surface area contributed by atoms with E-state index in [1.165, 1.54) is 0 Å². The van der Waals surface area contributed by atoms with Gasteiger partial charge in [-0.2, -0.15) is 0 Å². The van der Waals surface area contributed by atoms with Crippen molar-refractivity contribution in [3.05, 3.63) is 96.2 Å². The smallest absolute Gasteiger partial charge is 0.426 e. The fraction of sp³-hybridized carbons (Fsp3) is 0.148. The highest BCUT2D eigenvalue weighted by molar-refractivity contribution is 6.80. The third-order valence-corrected chi connectivity index (χ3v) is 5.29. The lowest BCUT2D eigenvalue weighted by Crippen LogP contribution is -2.47. The molecule has 0 saturated carbocycles. The Bertz CT molecular complexity index is 1220. The SMILES string of the molecule is CCOC(=O)c1ccc(B(Oc2cccc3cccnc23)c2ccc(C(=O)OCC)cc2)cc1. The number of hydrogen-bond acceptors (Lipinski definition) is 6. The Morgan fingerprint density at radius 3 is 1.79 bits per heavy atom. The molecule has 0 spiro atoms. The predicted octanol–water partition coefficient (Wildman–Crippen LogP) is 3.77. The van der Waals surface area contributed by atoms with Crippen molar-refractivity contribution in [1.29, 1.82) is 0 Å².